The van der Waals surface area contributed by atoms with Gasteiger partial charge in [0.15, 0.2) is 0 Å². The van der Waals surface area contributed by atoms with E-state index in [1.54, 1.807) is 0 Å². The van der Waals surface area contributed by atoms with Crippen LogP contribution >= 0.6 is 11.8 Å². The summed E-state index contributed by atoms with van der Waals surface area (Å²) >= 11 is 1.02. The molecular formula is C31H24N2O2S. The maximum absolute atomic E-state index is 13.3. The largest absolute Gasteiger partial charge is 0.340 e. The smallest absolute Gasteiger partial charge is 0.293 e. The molecule has 5 heteroatoms. The Labute approximate surface area is 213 Å². The van der Waals surface area contributed by atoms with E-state index < -0.39 is 0 Å². The van der Waals surface area contributed by atoms with Gasteiger partial charge in [-0.15, -0.1) is 0 Å². The molecule has 1 aliphatic heterocycles. The Morgan fingerprint density at radius 3 is 2.31 bits per heavy atom. The van der Waals surface area contributed by atoms with Gasteiger partial charge in [0.1, 0.15) is 0 Å². The third-order valence-electron chi connectivity index (χ3n) is 6.77. The fourth-order valence-electron chi connectivity index (χ4n) is 4.90. The van der Waals surface area contributed by atoms with Gasteiger partial charge in [0.2, 0.25) is 0 Å². The molecule has 0 aliphatic carbocycles. The number of carbonyl (C=O) groups is 2. The van der Waals surface area contributed by atoms with E-state index in [0.29, 0.717) is 4.91 Å². The Hall–Kier alpha value is -4.09. The Balaban J connectivity index is 1.33. The monoisotopic (exact) mass is 488 g/mol. The summed E-state index contributed by atoms with van der Waals surface area (Å²) in [4.78, 5) is 28.0. The highest BCUT2D eigenvalue weighted by Gasteiger charge is 2.35. The molecule has 1 aliphatic rings. The first-order chi connectivity index (χ1) is 17.6. The third kappa shape index (κ3) is 4.01. The summed E-state index contributed by atoms with van der Waals surface area (Å²) in [5.74, 6) is -0.238. The first-order valence-electron chi connectivity index (χ1n) is 11.9. The van der Waals surface area contributed by atoms with E-state index in [9.17, 15) is 9.59 Å². The zero-order valence-corrected chi connectivity index (χ0v) is 20.7. The standard InChI is InChI=1S/C31H24N2O2S/c1-21-27(26-13-7-8-14-28(26)32(21)19-22-9-3-2-4-10-22)18-29-30(34)33(31(35)36-29)20-23-15-16-24-11-5-6-12-25(24)17-23/h2-18H,19-20H2,1H3/b29-18-. The number of thioether (sulfide) groups is 1. The van der Waals surface area contributed by atoms with Crippen LogP contribution in [0.3, 0.4) is 0 Å². The normalized spacial score (nSPS) is 15.0. The fourth-order valence-corrected chi connectivity index (χ4v) is 5.72. The van der Waals surface area contributed by atoms with Crippen LogP contribution in [0.5, 0.6) is 0 Å². The van der Waals surface area contributed by atoms with Gasteiger partial charge in [-0.25, -0.2) is 0 Å². The summed E-state index contributed by atoms with van der Waals surface area (Å²) in [6, 6.07) is 32.7. The van der Waals surface area contributed by atoms with Crippen LogP contribution in [0, 0.1) is 6.92 Å². The second-order valence-corrected chi connectivity index (χ2v) is 10.0. The number of nitrogens with zero attached hydrogens (tertiary/aromatic N) is 2. The fraction of sp³-hybridized carbons (Fsp3) is 0.0968. The Morgan fingerprint density at radius 2 is 1.47 bits per heavy atom. The molecule has 1 fully saturated rings. The molecule has 0 unspecified atom stereocenters. The predicted molar refractivity (Wildman–Crippen MR) is 148 cm³/mol. The van der Waals surface area contributed by atoms with Crippen molar-refractivity contribution in [2.45, 2.75) is 20.0 Å². The molecule has 2 amide bonds. The molecule has 4 nitrogen and oxygen atoms in total. The lowest BCUT2D eigenvalue weighted by atomic mass is 10.1. The number of benzene rings is 4. The Morgan fingerprint density at radius 1 is 0.750 bits per heavy atom. The molecule has 0 N–H and O–H groups in total. The SMILES string of the molecule is Cc1c(/C=C2\SC(=O)N(Cc3ccc4ccccc4c3)C2=O)c2ccccc2n1Cc1ccccc1. The van der Waals surface area contributed by atoms with Crippen LogP contribution in [0.15, 0.2) is 102 Å². The zero-order valence-electron chi connectivity index (χ0n) is 19.8. The molecule has 36 heavy (non-hydrogen) atoms. The molecule has 0 radical (unpaired) electrons. The van der Waals surface area contributed by atoms with Crippen LogP contribution in [0.1, 0.15) is 22.4 Å². The van der Waals surface area contributed by atoms with Gasteiger partial charge in [-0.2, -0.15) is 0 Å². The summed E-state index contributed by atoms with van der Waals surface area (Å²) in [7, 11) is 0. The quantitative estimate of drug-likeness (QED) is 0.242. The Kier molecular flexibility index (Phi) is 5.70. The highest BCUT2D eigenvalue weighted by atomic mass is 32.2. The average Bonchev–Trinajstić information content (AvgIpc) is 3.32. The first kappa shape index (κ1) is 22.4. The number of fused-ring (bicyclic) bond motifs is 2. The van der Waals surface area contributed by atoms with Crippen molar-refractivity contribution in [1.82, 2.24) is 9.47 Å². The van der Waals surface area contributed by atoms with Crippen LogP contribution in [0.25, 0.3) is 27.8 Å². The van der Waals surface area contributed by atoms with Gasteiger partial charge in [-0.3, -0.25) is 14.5 Å². The van der Waals surface area contributed by atoms with Gasteiger partial charge < -0.3 is 4.57 Å². The average molecular weight is 489 g/mol. The van der Waals surface area contributed by atoms with E-state index in [-0.39, 0.29) is 17.7 Å². The van der Waals surface area contributed by atoms with E-state index in [2.05, 4.69) is 41.8 Å². The van der Waals surface area contributed by atoms with E-state index in [1.165, 1.54) is 10.5 Å². The summed E-state index contributed by atoms with van der Waals surface area (Å²) in [5.41, 5.74) is 5.32. The van der Waals surface area contributed by atoms with Crippen molar-refractivity contribution in [2.24, 2.45) is 0 Å². The molecule has 5 aromatic rings. The lowest BCUT2D eigenvalue weighted by Crippen LogP contribution is -2.27. The van der Waals surface area contributed by atoms with E-state index in [1.807, 2.05) is 72.8 Å². The van der Waals surface area contributed by atoms with Crippen molar-refractivity contribution >= 4 is 50.7 Å². The number of amides is 2. The molecule has 0 atom stereocenters. The highest BCUT2D eigenvalue weighted by Crippen LogP contribution is 2.36. The van der Waals surface area contributed by atoms with Crippen LogP contribution in [0.2, 0.25) is 0 Å². The molecule has 4 aromatic carbocycles. The maximum atomic E-state index is 13.3. The lowest BCUT2D eigenvalue weighted by molar-refractivity contribution is -0.123. The molecule has 176 valence electrons. The summed E-state index contributed by atoms with van der Waals surface area (Å²) in [5, 5.41) is 3.08. The number of imide groups is 1. The first-order valence-corrected chi connectivity index (χ1v) is 12.7. The zero-order chi connectivity index (χ0) is 24.6. The van der Waals surface area contributed by atoms with E-state index in [0.717, 1.165) is 56.8 Å². The predicted octanol–water partition coefficient (Wildman–Crippen LogP) is 7.39. The highest BCUT2D eigenvalue weighted by molar-refractivity contribution is 8.18. The summed E-state index contributed by atoms with van der Waals surface area (Å²) < 4.78 is 2.27. The van der Waals surface area contributed by atoms with Crippen LogP contribution in [-0.2, 0) is 17.9 Å². The van der Waals surface area contributed by atoms with Crippen LogP contribution < -0.4 is 0 Å². The van der Waals surface area contributed by atoms with Crippen molar-refractivity contribution in [3.8, 4) is 0 Å². The molecular weight excluding hydrogens is 464 g/mol. The topological polar surface area (TPSA) is 42.3 Å². The van der Waals surface area contributed by atoms with Crippen LogP contribution in [-0.4, -0.2) is 20.6 Å². The van der Waals surface area contributed by atoms with E-state index in [4.69, 9.17) is 0 Å². The molecule has 2 heterocycles. The number of aromatic nitrogens is 1. The minimum absolute atomic E-state index is 0.231. The van der Waals surface area contributed by atoms with Crippen molar-refractivity contribution in [3.63, 3.8) is 0 Å². The maximum Gasteiger partial charge on any atom is 0.293 e. The number of rotatable bonds is 5. The third-order valence-corrected chi connectivity index (χ3v) is 7.67. The van der Waals surface area contributed by atoms with Gasteiger partial charge in [0, 0.05) is 28.7 Å². The molecule has 1 saturated heterocycles. The molecule has 0 bridgehead atoms. The van der Waals surface area contributed by atoms with Gasteiger partial charge in [0.05, 0.1) is 11.4 Å². The van der Waals surface area contributed by atoms with Crippen molar-refractivity contribution < 1.29 is 9.59 Å². The molecule has 6 rings (SSSR count). The molecule has 1 aromatic heterocycles. The second-order valence-electron chi connectivity index (χ2n) is 9.04. The van der Waals surface area contributed by atoms with Crippen molar-refractivity contribution in [3.05, 3.63) is 124 Å². The number of para-hydroxylation sites is 1. The number of hydrogen-bond donors (Lipinski definition) is 0. The van der Waals surface area contributed by atoms with Gasteiger partial charge >= 0.3 is 0 Å². The number of carbonyl (C=O) groups excluding carboxylic acids is 2. The van der Waals surface area contributed by atoms with Crippen LogP contribution in [0.4, 0.5) is 4.79 Å². The second kappa shape index (κ2) is 9.17. The Bertz CT molecular complexity index is 1670. The van der Waals surface area contributed by atoms with Crippen molar-refractivity contribution in [2.75, 3.05) is 0 Å². The summed E-state index contributed by atoms with van der Waals surface area (Å²) in [6.07, 6.45) is 1.89. The van der Waals surface area contributed by atoms with Gasteiger partial charge in [0.25, 0.3) is 11.1 Å². The minimum atomic E-state index is -0.238. The number of hydrogen-bond acceptors (Lipinski definition) is 3. The van der Waals surface area contributed by atoms with E-state index >= 15 is 0 Å². The van der Waals surface area contributed by atoms with Gasteiger partial charge in [-0.1, -0.05) is 84.9 Å². The minimum Gasteiger partial charge on any atom is -0.340 e. The molecule has 0 spiro atoms. The van der Waals surface area contributed by atoms with Crippen molar-refractivity contribution in [1.29, 1.82) is 0 Å². The lowest BCUT2D eigenvalue weighted by Gasteiger charge is -2.13. The molecule has 0 saturated carbocycles. The van der Waals surface area contributed by atoms with Gasteiger partial charge in [-0.05, 0) is 58.8 Å². The summed E-state index contributed by atoms with van der Waals surface area (Å²) in [6.45, 7) is 3.08.